The SMILES string of the molecule is NCc1coc(CN2CC=CCC2)c1. The van der Waals surface area contributed by atoms with E-state index in [4.69, 9.17) is 10.2 Å². The van der Waals surface area contributed by atoms with Gasteiger partial charge in [-0.25, -0.2) is 0 Å². The van der Waals surface area contributed by atoms with Gasteiger partial charge in [0, 0.05) is 25.2 Å². The highest BCUT2D eigenvalue weighted by Crippen LogP contribution is 2.12. The van der Waals surface area contributed by atoms with Gasteiger partial charge in [0.2, 0.25) is 0 Å². The van der Waals surface area contributed by atoms with Crippen LogP contribution in [0, 0.1) is 0 Å². The average Bonchev–Trinajstić information content (AvgIpc) is 2.67. The molecule has 1 aromatic rings. The Morgan fingerprint density at radius 2 is 2.36 bits per heavy atom. The van der Waals surface area contributed by atoms with Crippen LogP contribution in [0.2, 0.25) is 0 Å². The molecule has 0 saturated heterocycles. The number of hydrogen-bond acceptors (Lipinski definition) is 3. The first-order chi connectivity index (χ1) is 6.88. The molecule has 0 atom stereocenters. The van der Waals surface area contributed by atoms with Crippen molar-refractivity contribution in [2.24, 2.45) is 5.73 Å². The van der Waals surface area contributed by atoms with Crippen molar-refractivity contribution in [3.8, 4) is 0 Å². The Morgan fingerprint density at radius 3 is 3.00 bits per heavy atom. The van der Waals surface area contributed by atoms with Crippen molar-refractivity contribution >= 4 is 0 Å². The minimum atomic E-state index is 0.559. The molecular formula is C11H16N2O. The maximum absolute atomic E-state index is 5.51. The molecule has 0 fully saturated rings. The topological polar surface area (TPSA) is 42.4 Å². The lowest BCUT2D eigenvalue weighted by atomic mass is 10.2. The fraction of sp³-hybridized carbons (Fsp3) is 0.455. The molecule has 1 aliphatic heterocycles. The van der Waals surface area contributed by atoms with Crippen LogP contribution in [-0.2, 0) is 13.1 Å². The summed E-state index contributed by atoms with van der Waals surface area (Å²) in [5.41, 5.74) is 6.59. The number of furan rings is 1. The Kier molecular flexibility index (Phi) is 3.01. The van der Waals surface area contributed by atoms with Crippen LogP contribution in [0.15, 0.2) is 28.9 Å². The molecule has 0 saturated carbocycles. The van der Waals surface area contributed by atoms with Crippen LogP contribution < -0.4 is 5.73 Å². The van der Waals surface area contributed by atoms with Crippen molar-refractivity contribution in [2.75, 3.05) is 13.1 Å². The fourth-order valence-corrected chi connectivity index (χ4v) is 1.67. The van der Waals surface area contributed by atoms with Gasteiger partial charge in [0.1, 0.15) is 5.76 Å². The Hall–Kier alpha value is -1.06. The van der Waals surface area contributed by atoms with E-state index in [0.717, 1.165) is 37.4 Å². The standard InChI is InChI=1S/C11H16N2O/c12-7-10-6-11(14-9-10)8-13-4-2-1-3-5-13/h1-2,6,9H,3-5,7-8,12H2. The summed E-state index contributed by atoms with van der Waals surface area (Å²) < 4.78 is 5.41. The van der Waals surface area contributed by atoms with E-state index in [1.807, 2.05) is 6.07 Å². The molecule has 0 aliphatic carbocycles. The third-order valence-corrected chi connectivity index (χ3v) is 2.47. The number of rotatable bonds is 3. The molecule has 0 unspecified atom stereocenters. The van der Waals surface area contributed by atoms with Gasteiger partial charge in [0.05, 0.1) is 12.8 Å². The second-order valence-corrected chi connectivity index (χ2v) is 3.62. The van der Waals surface area contributed by atoms with Crippen LogP contribution in [0.3, 0.4) is 0 Å². The van der Waals surface area contributed by atoms with Gasteiger partial charge in [0.25, 0.3) is 0 Å². The van der Waals surface area contributed by atoms with Gasteiger partial charge in [-0.15, -0.1) is 0 Å². The highest BCUT2D eigenvalue weighted by Gasteiger charge is 2.09. The van der Waals surface area contributed by atoms with E-state index < -0.39 is 0 Å². The molecule has 2 rings (SSSR count). The van der Waals surface area contributed by atoms with Crippen LogP contribution in [0.5, 0.6) is 0 Å². The second kappa shape index (κ2) is 4.44. The first-order valence-corrected chi connectivity index (χ1v) is 5.02. The molecule has 0 bridgehead atoms. The minimum Gasteiger partial charge on any atom is -0.468 e. The molecule has 0 aromatic carbocycles. The normalized spacial score (nSPS) is 17.5. The molecule has 14 heavy (non-hydrogen) atoms. The molecule has 76 valence electrons. The van der Waals surface area contributed by atoms with Crippen LogP contribution >= 0.6 is 0 Å². The fourth-order valence-electron chi connectivity index (χ4n) is 1.67. The van der Waals surface area contributed by atoms with E-state index in [-0.39, 0.29) is 0 Å². The molecule has 2 heterocycles. The van der Waals surface area contributed by atoms with E-state index in [1.54, 1.807) is 6.26 Å². The van der Waals surface area contributed by atoms with E-state index in [0.29, 0.717) is 6.54 Å². The maximum atomic E-state index is 5.51. The summed E-state index contributed by atoms with van der Waals surface area (Å²) in [6.45, 7) is 3.60. The van der Waals surface area contributed by atoms with E-state index in [9.17, 15) is 0 Å². The molecule has 3 heteroatoms. The monoisotopic (exact) mass is 192 g/mol. The van der Waals surface area contributed by atoms with Gasteiger partial charge >= 0.3 is 0 Å². The zero-order valence-corrected chi connectivity index (χ0v) is 8.28. The Labute approximate surface area is 84.2 Å². The Bertz CT molecular complexity index is 317. The quantitative estimate of drug-likeness (QED) is 0.738. The van der Waals surface area contributed by atoms with Gasteiger partial charge in [-0.1, -0.05) is 12.2 Å². The summed E-state index contributed by atoms with van der Waals surface area (Å²) in [6, 6.07) is 2.04. The molecule has 0 spiro atoms. The molecule has 1 aliphatic rings. The second-order valence-electron chi connectivity index (χ2n) is 3.62. The predicted octanol–water partition coefficient (Wildman–Crippen LogP) is 1.50. The molecule has 2 N–H and O–H groups in total. The predicted molar refractivity (Wildman–Crippen MR) is 55.6 cm³/mol. The lowest BCUT2D eigenvalue weighted by Gasteiger charge is -2.21. The van der Waals surface area contributed by atoms with Crippen LogP contribution in [0.4, 0.5) is 0 Å². The lowest BCUT2D eigenvalue weighted by molar-refractivity contribution is 0.265. The van der Waals surface area contributed by atoms with Crippen LogP contribution in [0.25, 0.3) is 0 Å². The van der Waals surface area contributed by atoms with E-state index >= 15 is 0 Å². The third-order valence-electron chi connectivity index (χ3n) is 2.47. The van der Waals surface area contributed by atoms with Crippen molar-refractivity contribution in [3.63, 3.8) is 0 Å². The van der Waals surface area contributed by atoms with Gasteiger partial charge in [-0.05, 0) is 12.5 Å². The minimum absolute atomic E-state index is 0.559. The summed E-state index contributed by atoms with van der Waals surface area (Å²) in [5, 5.41) is 0. The molecule has 3 nitrogen and oxygen atoms in total. The summed E-state index contributed by atoms with van der Waals surface area (Å²) in [6.07, 6.45) is 7.32. The highest BCUT2D eigenvalue weighted by molar-refractivity contribution is 5.12. The molecule has 0 radical (unpaired) electrons. The van der Waals surface area contributed by atoms with Crippen molar-refractivity contribution < 1.29 is 4.42 Å². The first kappa shape index (κ1) is 9.49. The van der Waals surface area contributed by atoms with Gasteiger partial charge in [-0.2, -0.15) is 0 Å². The third kappa shape index (κ3) is 2.25. The summed E-state index contributed by atoms with van der Waals surface area (Å²) in [7, 11) is 0. The Balaban J connectivity index is 1.93. The van der Waals surface area contributed by atoms with Gasteiger partial charge in [-0.3, -0.25) is 4.90 Å². The zero-order valence-electron chi connectivity index (χ0n) is 8.28. The zero-order chi connectivity index (χ0) is 9.80. The smallest absolute Gasteiger partial charge is 0.118 e. The highest BCUT2D eigenvalue weighted by atomic mass is 16.3. The van der Waals surface area contributed by atoms with Gasteiger partial charge < -0.3 is 10.2 Å². The largest absolute Gasteiger partial charge is 0.468 e. The first-order valence-electron chi connectivity index (χ1n) is 5.02. The van der Waals surface area contributed by atoms with Crippen molar-refractivity contribution in [1.82, 2.24) is 4.90 Å². The molecule has 1 aromatic heterocycles. The van der Waals surface area contributed by atoms with E-state index in [1.165, 1.54) is 0 Å². The molecular weight excluding hydrogens is 176 g/mol. The lowest BCUT2D eigenvalue weighted by Crippen LogP contribution is -2.26. The number of nitrogens with zero attached hydrogens (tertiary/aromatic N) is 1. The van der Waals surface area contributed by atoms with Crippen LogP contribution in [-0.4, -0.2) is 18.0 Å². The van der Waals surface area contributed by atoms with Crippen molar-refractivity contribution in [3.05, 3.63) is 35.8 Å². The summed E-state index contributed by atoms with van der Waals surface area (Å²) in [5.74, 6) is 1.01. The average molecular weight is 192 g/mol. The van der Waals surface area contributed by atoms with Crippen molar-refractivity contribution in [2.45, 2.75) is 19.5 Å². The summed E-state index contributed by atoms with van der Waals surface area (Å²) >= 11 is 0. The van der Waals surface area contributed by atoms with E-state index in [2.05, 4.69) is 17.1 Å². The molecule has 0 amide bonds. The van der Waals surface area contributed by atoms with Crippen LogP contribution in [0.1, 0.15) is 17.7 Å². The Morgan fingerprint density at radius 1 is 1.43 bits per heavy atom. The van der Waals surface area contributed by atoms with Crippen molar-refractivity contribution in [1.29, 1.82) is 0 Å². The van der Waals surface area contributed by atoms with Gasteiger partial charge in [0.15, 0.2) is 0 Å². The summed E-state index contributed by atoms with van der Waals surface area (Å²) in [4.78, 5) is 2.36. The maximum Gasteiger partial charge on any atom is 0.118 e. The number of hydrogen-bond donors (Lipinski definition) is 1. The number of nitrogens with two attached hydrogens (primary N) is 1.